The number of hydrogen-bond acceptors (Lipinski definition) is 3. The Morgan fingerprint density at radius 3 is 2.29 bits per heavy atom. The van der Waals surface area contributed by atoms with Crippen molar-refractivity contribution in [2.75, 3.05) is 6.61 Å². The summed E-state index contributed by atoms with van der Waals surface area (Å²) in [6.07, 6.45) is 8.40. The molecule has 31 heavy (non-hydrogen) atoms. The standard InChI is InChI=1S/C27H34ClNO2/c1-3-30-25-11-23(16-29-27-13-20-8-21(14-27)10-22(9-20)15-27)24(28)12-26(25)31-17-19-6-4-5-18(2)7-19/h4-7,11-12,20-22,29H,3,8-10,13-17H2,1-2H3. The largest absolute Gasteiger partial charge is 0.490 e. The van der Waals surface area contributed by atoms with Crippen LogP contribution in [0.5, 0.6) is 11.5 Å². The lowest BCUT2D eigenvalue weighted by atomic mass is 9.53. The van der Waals surface area contributed by atoms with E-state index in [1.54, 1.807) is 0 Å². The summed E-state index contributed by atoms with van der Waals surface area (Å²) in [5.41, 5.74) is 3.80. The number of nitrogens with one attached hydrogen (secondary N) is 1. The molecule has 4 fully saturated rings. The molecule has 4 aliphatic carbocycles. The van der Waals surface area contributed by atoms with Gasteiger partial charge in [-0.25, -0.2) is 0 Å². The van der Waals surface area contributed by atoms with E-state index >= 15 is 0 Å². The molecule has 2 aromatic carbocycles. The maximum Gasteiger partial charge on any atom is 0.163 e. The number of aryl methyl sites for hydroxylation is 1. The summed E-state index contributed by atoms with van der Waals surface area (Å²) in [6, 6.07) is 12.4. The number of hydrogen-bond donors (Lipinski definition) is 1. The molecule has 3 nitrogen and oxygen atoms in total. The summed E-state index contributed by atoms with van der Waals surface area (Å²) in [6.45, 7) is 6.00. The van der Waals surface area contributed by atoms with E-state index < -0.39 is 0 Å². The highest BCUT2D eigenvalue weighted by atomic mass is 35.5. The Morgan fingerprint density at radius 1 is 0.968 bits per heavy atom. The molecule has 2 aromatic rings. The first-order valence-corrected chi connectivity index (χ1v) is 12.3. The van der Waals surface area contributed by atoms with Crippen molar-refractivity contribution in [3.8, 4) is 11.5 Å². The second-order valence-corrected chi connectivity index (χ2v) is 10.6. The first-order valence-electron chi connectivity index (χ1n) is 11.9. The fourth-order valence-corrected chi connectivity index (χ4v) is 6.89. The highest BCUT2D eigenvalue weighted by Crippen LogP contribution is 2.55. The second-order valence-electron chi connectivity index (χ2n) is 10.2. The van der Waals surface area contributed by atoms with Gasteiger partial charge in [-0.1, -0.05) is 41.4 Å². The zero-order valence-corrected chi connectivity index (χ0v) is 19.5. The minimum Gasteiger partial charge on any atom is -0.490 e. The lowest BCUT2D eigenvalue weighted by Gasteiger charge is -2.57. The van der Waals surface area contributed by atoms with Crippen LogP contribution in [0.4, 0.5) is 0 Å². The molecule has 0 unspecified atom stereocenters. The van der Waals surface area contributed by atoms with Gasteiger partial charge in [0.2, 0.25) is 0 Å². The molecule has 0 atom stereocenters. The van der Waals surface area contributed by atoms with Crippen molar-refractivity contribution in [1.82, 2.24) is 5.32 Å². The van der Waals surface area contributed by atoms with Gasteiger partial charge in [0.15, 0.2) is 11.5 Å². The van der Waals surface area contributed by atoms with Crippen LogP contribution in [-0.4, -0.2) is 12.1 Å². The monoisotopic (exact) mass is 439 g/mol. The molecule has 4 saturated carbocycles. The van der Waals surface area contributed by atoms with Crippen molar-refractivity contribution in [2.24, 2.45) is 17.8 Å². The Balaban J connectivity index is 1.30. The average molecular weight is 440 g/mol. The number of halogens is 1. The van der Waals surface area contributed by atoms with Crippen LogP contribution >= 0.6 is 11.6 Å². The molecule has 4 heteroatoms. The van der Waals surface area contributed by atoms with E-state index in [0.29, 0.717) is 24.5 Å². The molecule has 1 N–H and O–H groups in total. The van der Waals surface area contributed by atoms with Gasteiger partial charge in [0, 0.05) is 23.2 Å². The molecule has 0 spiro atoms. The van der Waals surface area contributed by atoms with Crippen molar-refractivity contribution in [3.05, 3.63) is 58.1 Å². The number of ether oxygens (including phenoxy) is 2. The Kier molecular flexibility index (Phi) is 5.92. The molecule has 0 radical (unpaired) electrons. The molecule has 4 bridgehead atoms. The zero-order valence-electron chi connectivity index (χ0n) is 18.8. The third-order valence-electron chi connectivity index (χ3n) is 7.58. The Bertz CT molecular complexity index is 906. The fourth-order valence-electron chi connectivity index (χ4n) is 6.67. The van der Waals surface area contributed by atoms with Crippen molar-refractivity contribution >= 4 is 11.6 Å². The first-order chi connectivity index (χ1) is 15.0. The van der Waals surface area contributed by atoms with Crippen LogP contribution < -0.4 is 14.8 Å². The molecule has 0 amide bonds. The van der Waals surface area contributed by atoms with Crippen LogP contribution in [0.25, 0.3) is 0 Å². The van der Waals surface area contributed by atoms with Gasteiger partial charge in [0.1, 0.15) is 6.61 Å². The molecule has 0 heterocycles. The lowest BCUT2D eigenvalue weighted by molar-refractivity contribution is -0.0206. The average Bonchev–Trinajstić information content (AvgIpc) is 2.72. The zero-order chi connectivity index (χ0) is 21.4. The fraction of sp³-hybridized carbons (Fsp3) is 0.556. The predicted molar refractivity (Wildman–Crippen MR) is 126 cm³/mol. The minimum absolute atomic E-state index is 0.324. The van der Waals surface area contributed by atoms with Gasteiger partial charge < -0.3 is 14.8 Å². The molecule has 0 aliphatic heterocycles. The first kappa shape index (κ1) is 21.2. The maximum absolute atomic E-state index is 6.72. The summed E-state index contributed by atoms with van der Waals surface area (Å²) in [5.74, 6) is 4.30. The van der Waals surface area contributed by atoms with Crippen molar-refractivity contribution in [3.63, 3.8) is 0 Å². The van der Waals surface area contributed by atoms with Gasteiger partial charge in [0.05, 0.1) is 6.61 Å². The quantitative estimate of drug-likeness (QED) is 0.497. The second kappa shape index (κ2) is 8.67. The Hall–Kier alpha value is -1.71. The highest BCUT2D eigenvalue weighted by Gasteiger charge is 2.50. The maximum atomic E-state index is 6.72. The lowest BCUT2D eigenvalue weighted by Crippen LogP contribution is -2.58. The van der Waals surface area contributed by atoms with Crippen molar-refractivity contribution in [2.45, 2.75) is 71.1 Å². The molecule has 0 aromatic heterocycles. The smallest absolute Gasteiger partial charge is 0.163 e. The van der Waals surface area contributed by atoms with Crippen molar-refractivity contribution in [1.29, 1.82) is 0 Å². The van der Waals surface area contributed by atoms with Gasteiger partial charge in [-0.3, -0.25) is 0 Å². The van der Waals surface area contributed by atoms with Gasteiger partial charge in [-0.15, -0.1) is 0 Å². The van der Waals surface area contributed by atoms with Gasteiger partial charge >= 0.3 is 0 Å². The molecule has 0 saturated heterocycles. The molecule has 6 rings (SSSR count). The predicted octanol–water partition coefficient (Wildman–Crippen LogP) is 6.68. The van der Waals surface area contributed by atoms with E-state index in [0.717, 1.165) is 46.2 Å². The van der Waals surface area contributed by atoms with Crippen LogP contribution in [0.1, 0.15) is 62.1 Å². The van der Waals surface area contributed by atoms with Crippen molar-refractivity contribution < 1.29 is 9.47 Å². The van der Waals surface area contributed by atoms with Crippen LogP contribution in [0, 0.1) is 24.7 Å². The third-order valence-corrected chi connectivity index (χ3v) is 7.93. The number of benzene rings is 2. The summed E-state index contributed by atoms with van der Waals surface area (Å²) in [7, 11) is 0. The summed E-state index contributed by atoms with van der Waals surface area (Å²) >= 11 is 6.72. The van der Waals surface area contributed by atoms with Crippen LogP contribution in [-0.2, 0) is 13.2 Å². The third kappa shape index (κ3) is 4.59. The summed E-state index contributed by atoms with van der Waals surface area (Å²) < 4.78 is 12.0. The van der Waals surface area contributed by atoms with Crippen LogP contribution in [0.3, 0.4) is 0 Å². The topological polar surface area (TPSA) is 30.5 Å². The molecule has 166 valence electrons. The SMILES string of the molecule is CCOc1cc(CNC23CC4CC(CC(C4)C2)C3)c(Cl)cc1OCc1cccc(C)c1. The molecular formula is C27H34ClNO2. The number of rotatable bonds is 8. The normalized spacial score (nSPS) is 28.7. The van der Waals surface area contributed by atoms with Crippen LogP contribution in [0.15, 0.2) is 36.4 Å². The van der Waals surface area contributed by atoms with Crippen LogP contribution in [0.2, 0.25) is 5.02 Å². The highest BCUT2D eigenvalue weighted by molar-refractivity contribution is 6.31. The van der Waals surface area contributed by atoms with E-state index in [1.165, 1.54) is 44.1 Å². The van der Waals surface area contributed by atoms with Gasteiger partial charge in [-0.2, -0.15) is 0 Å². The van der Waals surface area contributed by atoms with Gasteiger partial charge in [-0.05, 0) is 87.3 Å². The van der Waals surface area contributed by atoms with Gasteiger partial charge in [0.25, 0.3) is 0 Å². The Morgan fingerprint density at radius 2 is 1.65 bits per heavy atom. The van der Waals surface area contributed by atoms with E-state index in [1.807, 2.05) is 13.0 Å². The molecular weight excluding hydrogens is 406 g/mol. The minimum atomic E-state index is 0.324. The Labute approximate surface area is 191 Å². The van der Waals surface area contributed by atoms with E-state index in [2.05, 4.69) is 42.6 Å². The molecule has 4 aliphatic rings. The van der Waals surface area contributed by atoms with E-state index in [4.69, 9.17) is 21.1 Å². The van der Waals surface area contributed by atoms with E-state index in [-0.39, 0.29) is 0 Å². The van der Waals surface area contributed by atoms with E-state index in [9.17, 15) is 0 Å². The summed E-state index contributed by atoms with van der Waals surface area (Å²) in [4.78, 5) is 0. The summed E-state index contributed by atoms with van der Waals surface area (Å²) in [5, 5.41) is 4.71.